The second-order valence-electron chi connectivity index (χ2n) is 6.41. The zero-order chi connectivity index (χ0) is 15.7. The number of aryl methyl sites for hydroxylation is 1. The second kappa shape index (κ2) is 6.38. The first-order valence-electron chi connectivity index (χ1n) is 8.21. The fourth-order valence-corrected chi connectivity index (χ4v) is 3.44. The minimum atomic E-state index is -0.240. The van der Waals surface area contributed by atoms with Crippen molar-refractivity contribution in [3.05, 3.63) is 18.2 Å². The number of amides is 1. The van der Waals surface area contributed by atoms with Crippen molar-refractivity contribution in [2.75, 3.05) is 26.7 Å². The third-order valence-electron chi connectivity index (χ3n) is 4.95. The van der Waals surface area contributed by atoms with Gasteiger partial charge in [0.05, 0.1) is 12.1 Å². The summed E-state index contributed by atoms with van der Waals surface area (Å²) in [7, 11) is 4.10. The van der Waals surface area contributed by atoms with E-state index in [0.29, 0.717) is 6.54 Å². The van der Waals surface area contributed by atoms with E-state index in [2.05, 4.69) is 23.9 Å². The molecule has 1 aromatic heterocycles. The zero-order valence-corrected chi connectivity index (χ0v) is 13.7. The minimum absolute atomic E-state index is 0.154. The third kappa shape index (κ3) is 2.90. The monoisotopic (exact) mass is 306 g/mol. The molecular weight excluding hydrogens is 280 g/mol. The molecule has 0 radical (unpaired) electrons. The largest absolute Gasteiger partial charge is 0.365 e. The van der Waals surface area contributed by atoms with Crippen LogP contribution in [0, 0.1) is 0 Å². The molecule has 0 spiro atoms. The molecule has 1 amide bonds. The summed E-state index contributed by atoms with van der Waals surface area (Å²) >= 11 is 0. The zero-order valence-electron chi connectivity index (χ0n) is 13.7. The van der Waals surface area contributed by atoms with Crippen molar-refractivity contribution in [2.45, 2.75) is 44.4 Å². The molecule has 2 saturated heterocycles. The Bertz CT molecular complexity index is 530. The van der Waals surface area contributed by atoms with E-state index in [-0.39, 0.29) is 24.2 Å². The van der Waals surface area contributed by atoms with Gasteiger partial charge in [-0.15, -0.1) is 0 Å². The molecule has 0 saturated carbocycles. The molecule has 1 aromatic rings. The molecule has 2 fully saturated rings. The van der Waals surface area contributed by atoms with E-state index in [9.17, 15) is 4.79 Å². The van der Waals surface area contributed by atoms with E-state index in [0.717, 1.165) is 38.2 Å². The predicted molar refractivity (Wildman–Crippen MR) is 83.3 cm³/mol. The van der Waals surface area contributed by atoms with Crippen LogP contribution >= 0.6 is 0 Å². The molecule has 3 unspecified atom stereocenters. The first kappa shape index (κ1) is 15.5. The molecule has 6 heteroatoms. The summed E-state index contributed by atoms with van der Waals surface area (Å²) in [5.74, 6) is 1.17. The Kier molecular flexibility index (Phi) is 4.49. The number of hydrogen-bond donors (Lipinski definition) is 0. The van der Waals surface area contributed by atoms with E-state index in [1.807, 2.05) is 28.9 Å². The summed E-state index contributed by atoms with van der Waals surface area (Å²) in [6.07, 6.45) is 6.64. The Morgan fingerprint density at radius 1 is 1.36 bits per heavy atom. The van der Waals surface area contributed by atoms with Gasteiger partial charge in [0, 0.05) is 39.1 Å². The Morgan fingerprint density at radius 3 is 2.82 bits per heavy atom. The lowest BCUT2D eigenvalue weighted by molar-refractivity contribution is -0.146. The van der Waals surface area contributed by atoms with Crippen LogP contribution in [0.2, 0.25) is 0 Å². The molecule has 6 nitrogen and oxygen atoms in total. The minimum Gasteiger partial charge on any atom is -0.365 e. The Labute approximate surface area is 132 Å². The summed E-state index contributed by atoms with van der Waals surface area (Å²) in [4.78, 5) is 21.4. The molecule has 122 valence electrons. The SMILES string of the molecule is CCC1CCC(C(=O)N2CCN(C)C(c3nccn3C)C2)O1. The number of imidazole rings is 1. The number of hydrogen-bond acceptors (Lipinski definition) is 4. The van der Waals surface area contributed by atoms with Crippen molar-refractivity contribution < 1.29 is 9.53 Å². The lowest BCUT2D eigenvalue weighted by Crippen LogP contribution is -2.52. The van der Waals surface area contributed by atoms with Crippen LogP contribution in [0.4, 0.5) is 0 Å². The second-order valence-corrected chi connectivity index (χ2v) is 6.41. The molecule has 0 bridgehead atoms. The van der Waals surface area contributed by atoms with Crippen LogP contribution < -0.4 is 0 Å². The van der Waals surface area contributed by atoms with Gasteiger partial charge in [0.1, 0.15) is 11.9 Å². The Hall–Kier alpha value is -1.40. The van der Waals surface area contributed by atoms with Gasteiger partial charge in [0.2, 0.25) is 0 Å². The van der Waals surface area contributed by atoms with Crippen LogP contribution in [-0.2, 0) is 16.6 Å². The standard InChI is InChI=1S/C16H26N4O2/c1-4-12-5-6-14(22-12)16(21)20-10-9-18(2)13(11-20)15-17-7-8-19(15)3/h7-8,12-14H,4-6,9-11H2,1-3H3. The topological polar surface area (TPSA) is 50.6 Å². The van der Waals surface area contributed by atoms with Gasteiger partial charge in [-0.3, -0.25) is 9.69 Å². The highest BCUT2D eigenvalue weighted by Crippen LogP contribution is 2.27. The number of rotatable bonds is 3. The summed E-state index contributed by atoms with van der Waals surface area (Å²) in [5, 5.41) is 0. The Morgan fingerprint density at radius 2 is 2.18 bits per heavy atom. The van der Waals surface area contributed by atoms with E-state index in [4.69, 9.17) is 4.74 Å². The van der Waals surface area contributed by atoms with Crippen LogP contribution in [0.15, 0.2) is 12.4 Å². The normalized spacial score (nSPS) is 30.0. The van der Waals surface area contributed by atoms with Gasteiger partial charge in [-0.25, -0.2) is 4.98 Å². The van der Waals surface area contributed by atoms with E-state index >= 15 is 0 Å². The van der Waals surface area contributed by atoms with Crippen LogP contribution in [0.25, 0.3) is 0 Å². The van der Waals surface area contributed by atoms with Crippen LogP contribution in [-0.4, -0.2) is 64.1 Å². The van der Waals surface area contributed by atoms with E-state index in [1.54, 1.807) is 0 Å². The highest BCUT2D eigenvalue weighted by molar-refractivity contribution is 5.81. The summed E-state index contributed by atoms with van der Waals surface area (Å²) in [6.45, 7) is 4.45. The molecule has 0 aromatic carbocycles. The summed E-state index contributed by atoms with van der Waals surface area (Å²) < 4.78 is 7.91. The van der Waals surface area contributed by atoms with Gasteiger partial charge in [0.25, 0.3) is 5.91 Å². The number of piperazine rings is 1. The number of ether oxygens (including phenoxy) is 1. The first-order valence-corrected chi connectivity index (χ1v) is 8.21. The van der Waals surface area contributed by atoms with Crippen molar-refractivity contribution in [3.63, 3.8) is 0 Å². The van der Waals surface area contributed by atoms with Gasteiger partial charge in [-0.1, -0.05) is 6.92 Å². The van der Waals surface area contributed by atoms with E-state index in [1.165, 1.54) is 0 Å². The van der Waals surface area contributed by atoms with Crippen LogP contribution in [0.5, 0.6) is 0 Å². The highest BCUT2D eigenvalue weighted by atomic mass is 16.5. The van der Waals surface area contributed by atoms with Crippen molar-refractivity contribution in [1.82, 2.24) is 19.4 Å². The predicted octanol–water partition coefficient (Wildman–Crippen LogP) is 1.19. The van der Waals surface area contributed by atoms with Gasteiger partial charge in [-0.2, -0.15) is 0 Å². The molecule has 0 N–H and O–H groups in total. The lowest BCUT2D eigenvalue weighted by Gasteiger charge is -2.39. The fourth-order valence-electron chi connectivity index (χ4n) is 3.44. The maximum Gasteiger partial charge on any atom is 0.251 e. The molecule has 3 heterocycles. The Balaban J connectivity index is 1.68. The average molecular weight is 306 g/mol. The molecule has 3 atom stereocenters. The number of carbonyl (C=O) groups is 1. The van der Waals surface area contributed by atoms with Crippen LogP contribution in [0.3, 0.4) is 0 Å². The molecular formula is C16H26N4O2. The van der Waals surface area contributed by atoms with Crippen LogP contribution in [0.1, 0.15) is 38.1 Å². The first-order chi connectivity index (χ1) is 10.6. The smallest absolute Gasteiger partial charge is 0.251 e. The molecule has 2 aliphatic heterocycles. The fraction of sp³-hybridized carbons (Fsp3) is 0.750. The highest BCUT2D eigenvalue weighted by Gasteiger charge is 2.36. The number of aromatic nitrogens is 2. The summed E-state index contributed by atoms with van der Waals surface area (Å²) in [5.41, 5.74) is 0. The van der Waals surface area contributed by atoms with Crippen molar-refractivity contribution >= 4 is 5.91 Å². The number of carbonyl (C=O) groups excluding carboxylic acids is 1. The van der Waals surface area contributed by atoms with Crippen molar-refractivity contribution in [3.8, 4) is 0 Å². The van der Waals surface area contributed by atoms with E-state index < -0.39 is 0 Å². The maximum atomic E-state index is 12.7. The van der Waals surface area contributed by atoms with Gasteiger partial charge >= 0.3 is 0 Å². The maximum absolute atomic E-state index is 12.7. The number of likely N-dealkylation sites (N-methyl/N-ethyl adjacent to an activating group) is 1. The van der Waals surface area contributed by atoms with Gasteiger partial charge in [0.15, 0.2) is 0 Å². The lowest BCUT2D eigenvalue weighted by atomic mass is 10.1. The third-order valence-corrected chi connectivity index (χ3v) is 4.95. The summed E-state index contributed by atoms with van der Waals surface area (Å²) in [6, 6.07) is 0.154. The molecule has 3 rings (SSSR count). The molecule has 0 aliphatic carbocycles. The molecule has 2 aliphatic rings. The van der Waals surface area contributed by atoms with Crippen molar-refractivity contribution in [1.29, 1.82) is 0 Å². The molecule has 22 heavy (non-hydrogen) atoms. The van der Waals surface area contributed by atoms with Gasteiger partial charge < -0.3 is 14.2 Å². The quantitative estimate of drug-likeness (QED) is 0.842. The van der Waals surface area contributed by atoms with Gasteiger partial charge in [-0.05, 0) is 26.3 Å². The average Bonchev–Trinajstić information content (AvgIpc) is 3.16. The number of nitrogens with zero attached hydrogens (tertiary/aromatic N) is 4. The van der Waals surface area contributed by atoms with Crippen molar-refractivity contribution in [2.24, 2.45) is 7.05 Å².